The molecule has 0 saturated heterocycles. The van der Waals surface area contributed by atoms with Crippen LogP contribution in [0.25, 0.3) is 6.08 Å². The Morgan fingerprint density at radius 2 is 1.54 bits per heavy atom. The highest BCUT2D eigenvalue weighted by atomic mass is 35.5. The Kier molecular flexibility index (Phi) is 9.56. The van der Waals surface area contributed by atoms with Crippen molar-refractivity contribution in [3.05, 3.63) is 131 Å². The number of amides is 3. The van der Waals surface area contributed by atoms with Crippen molar-refractivity contribution < 1.29 is 14.4 Å². The molecule has 8 heteroatoms. The van der Waals surface area contributed by atoms with Crippen LogP contribution in [-0.2, 0) is 9.59 Å². The van der Waals surface area contributed by atoms with Crippen molar-refractivity contribution in [2.75, 3.05) is 16.4 Å². The summed E-state index contributed by atoms with van der Waals surface area (Å²) < 4.78 is 0. The van der Waals surface area contributed by atoms with Crippen molar-refractivity contribution in [2.45, 2.75) is 11.8 Å². The molecule has 0 heterocycles. The minimum absolute atomic E-state index is 0.0670. The van der Waals surface area contributed by atoms with Crippen LogP contribution in [0, 0.1) is 6.92 Å². The minimum Gasteiger partial charge on any atom is -0.325 e. The minimum atomic E-state index is -0.489. The lowest BCUT2D eigenvalue weighted by atomic mass is 10.1. The maximum atomic E-state index is 13.2. The van der Waals surface area contributed by atoms with Gasteiger partial charge in [-0.05, 0) is 84.8 Å². The first kappa shape index (κ1) is 27.7. The van der Waals surface area contributed by atoms with Gasteiger partial charge in [0, 0.05) is 26.9 Å². The van der Waals surface area contributed by atoms with Gasteiger partial charge in [-0.1, -0.05) is 54.1 Å². The summed E-state index contributed by atoms with van der Waals surface area (Å²) in [5.41, 5.74) is 3.53. The monoisotopic (exact) mass is 555 g/mol. The Hall–Kier alpha value is -4.33. The van der Waals surface area contributed by atoms with E-state index in [1.165, 1.54) is 11.8 Å². The SMILES string of the molecule is Cc1cccc(NC(=O)CSc2ccc(NC(=O)/C(=C/c3cccc(Cl)c3)NC(=O)c3ccccc3)cc2)c1. The topological polar surface area (TPSA) is 87.3 Å². The molecule has 0 saturated carbocycles. The summed E-state index contributed by atoms with van der Waals surface area (Å²) in [5.74, 6) is -0.752. The zero-order chi connectivity index (χ0) is 27.6. The third kappa shape index (κ3) is 8.60. The van der Waals surface area contributed by atoms with E-state index in [4.69, 9.17) is 11.6 Å². The van der Waals surface area contributed by atoms with Gasteiger partial charge >= 0.3 is 0 Å². The van der Waals surface area contributed by atoms with Crippen molar-refractivity contribution >= 4 is 58.5 Å². The highest BCUT2D eigenvalue weighted by molar-refractivity contribution is 8.00. The zero-order valence-electron chi connectivity index (χ0n) is 21.1. The van der Waals surface area contributed by atoms with Crippen LogP contribution in [0.2, 0.25) is 5.02 Å². The summed E-state index contributed by atoms with van der Waals surface area (Å²) in [6.07, 6.45) is 1.57. The summed E-state index contributed by atoms with van der Waals surface area (Å²) >= 11 is 7.49. The summed E-state index contributed by atoms with van der Waals surface area (Å²) in [6.45, 7) is 1.97. The summed E-state index contributed by atoms with van der Waals surface area (Å²) in [7, 11) is 0. The second-order valence-corrected chi connectivity index (χ2v) is 10.1. The molecule has 0 bridgehead atoms. The van der Waals surface area contributed by atoms with Crippen LogP contribution in [0.15, 0.2) is 114 Å². The van der Waals surface area contributed by atoms with Gasteiger partial charge in [0.25, 0.3) is 11.8 Å². The van der Waals surface area contributed by atoms with Gasteiger partial charge in [0.05, 0.1) is 5.75 Å². The summed E-state index contributed by atoms with van der Waals surface area (Å²) in [4.78, 5) is 39.1. The lowest BCUT2D eigenvalue weighted by Gasteiger charge is -2.12. The van der Waals surface area contributed by atoms with Crippen LogP contribution in [0.1, 0.15) is 21.5 Å². The lowest BCUT2D eigenvalue weighted by Crippen LogP contribution is -2.30. The molecule has 4 rings (SSSR count). The Bertz CT molecular complexity index is 1510. The van der Waals surface area contributed by atoms with Gasteiger partial charge in [0.1, 0.15) is 5.70 Å². The molecule has 3 amide bonds. The molecule has 0 aliphatic carbocycles. The molecule has 0 atom stereocenters. The lowest BCUT2D eigenvalue weighted by molar-refractivity contribution is -0.114. The van der Waals surface area contributed by atoms with Crippen LogP contribution in [-0.4, -0.2) is 23.5 Å². The van der Waals surface area contributed by atoms with Crippen LogP contribution in [0.4, 0.5) is 11.4 Å². The van der Waals surface area contributed by atoms with E-state index < -0.39 is 11.8 Å². The standard InChI is InChI=1S/C31H26ClN3O3S/c1-21-7-5-12-26(17-21)33-29(36)20-39-27-15-13-25(14-16-27)34-31(38)28(19-22-8-6-11-24(32)18-22)35-30(37)23-9-3-2-4-10-23/h2-19H,20H2,1H3,(H,33,36)(H,34,38)(H,35,37)/b28-19-. The van der Waals surface area contributed by atoms with Crippen molar-refractivity contribution in [2.24, 2.45) is 0 Å². The van der Waals surface area contributed by atoms with E-state index in [0.29, 0.717) is 21.8 Å². The third-order valence-corrected chi connectivity index (χ3v) is 6.72. The molecule has 0 aliphatic rings. The molecular weight excluding hydrogens is 530 g/mol. The fourth-order valence-electron chi connectivity index (χ4n) is 3.61. The smallest absolute Gasteiger partial charge is 0.272 e. The first-order valence-electron chi connectivity index (χ1n) is 12.1. The van der Waals surface area contributed by atoms with Crippen LogP contribution in [0.3, 0.4) is 0 Å². The van der Waals surface area contributed by atoms with Crippen molar-refractivity contribution in [1.29, 1.82) is 0 Å². The van der Waals surface area contributed by atoms with E-state index >= 15 is 0 Å². The van der Waals surface area contributed by atoms with Crippen LogP contribution < -0.4 is 16.0 Å². The van der Waals surface area contributed by atoms with Crippen LogP contribution >= 0.6 is 23.4 Å². The van der Waals surface area contributed by atoms with E-state index in [-0.39, 0.29) is 17.4 Å². The Balaban J connectivity index is 1.40. The van der Waals surface area contributed by atoms with Gasteiger partial charge < -0.3 is 16.0 Å². The van der Waals surface area contributed by atoms with Crippen LogP contribution in [0.5, 0.6) is 0 Å². The van der Waals surface area contributed by atoms with E-state index in [1.54, 1.807) is 66.7 Å². The van der Waals surface area contributed by atoms with Crippen molar-refractivity contribution in [3.63, 3.8) is 0 Å². The molecule has 39 heavy (non-hydrogen) atoms. The molecule has 0 radical (unpaired) electrons. The normalized spacial score (nSPS) is 11.0. The van der Waals surface area contributed by atoms with Gasteiger partial charge in [0.2, 0.25) is 5.91 Å². The number of hydrogen-bond acceptors (Lipinski definition) is 4. The van der Waals surface area contributed by atoms with Gasteiger partial charge in [0.15, 0.2) is 0 Å². The van der Waals surface area contributed by atoms with Gasteiger partial charge in [-0.2, -0.15) is 0 Å². The fraction of sp³-hybridized carbons (Fsp3) is 0.0645. The van der Waals surface area contributed by atoms with Gasteiger partial charge in [-0.25, -0.2) is 0 Å². The fourth-order valence-corrected chi connectivity index (χ4v) is 4.50. The molecule has 0 aromatic heterocycles. The zero-order valence-corrected chi connectivity index (χ0v) is 22.7. The second kappa shape index (κ2) is 13.5. The number of carbonyl (C=O) groups is 3. The highest BCUT2D eigenvalue weighted by Gasteiger charge is 2.15. The molecule has 6 nitrogen and oxygen atoms in total. The van der Waals surface area contributed by atoms with Crippen molar-refractivity contribution in [1.82, 2.24) is 5.32 Å². The Labute approximate surface area is 236 Å². The predicted molar refractivity (Wildman–Crippen MR) is 159 cm³/mol. The molecule has 0 unspecified atom stereocenters. The number of hydrogen-bond donors (Lipinski definition) is 3. The number of carbonyl (C=O) groups excluding carboxylic acids is 3. The maximum Gasteiger partial charge on any atom is 0.272 e. The van der Waals surface area contributed by atoms with E-state index in [0.717, 1.165) is 16.1 Å². The quantitative estimate of drug-likeness (QED) is 0.157. The average molecular weight is 556 g/mol. The molecule has 4 aromatic carbocycles. The predicted octanol–water partition coefficient (Wildman–Crippen LogP) is 6.79. The molecular formula is C31H26ClN3O3S. The maximum absolute atomic E-state index is 13.2. The molecule has 4 aromatic rings. The van der Waals surface area contributed by atoms with E-state index in [2.05, 4.69) is 16.0 Å². The number of anilines is 2. The van der Waals surface area contributed by atoms with Gasteiger partial charge in [-0.3, -0.25) is 14.4 Å². The number of thioether (sulfide) groups is 1. The molecule has 3 N–H and O–H groups in total. The average Bonchev–Trinajstić information content (AvgIpc) is 2.93. The number of rotatable bonds is 9. The summed E-state index contributed by atoms with van der Waals surface area (Å²) in [6, 6.07) is 30.4. The number of halogens is 1. The molecule has 0 fully saturated rings. The largest absolute Gasteiger partial charge is 0.325 e. The van der Waals surface area contributed by atoms with Gasteiger partial charge in [-0.15, -0.1) is 11.8 Å². The number of aryl methyl sites for hydroxylation is 1. The molecule has 0 spiro atoms. The number of benzene rings is 4. The second-order valence-electron chi connectivity index (χ2n) is 8.62. The van der Waals surface area contributed by atoms with E-state index in [1.807, 2.05) is 49.4 Å². The molecule has 0 aliphatic heterocycles. The Morgan fingerprint density at radius 1 is 0.795 bits per heavy atom. The third-order valence-electron chi connectivity index (χ3n) is 5.47. The highest BCUT2D eigenvalue weighted by Crippen LogP contribution is 2.22. The van der Waals surface area contributed by atoms with E-state index in [9.17, 15) is 14.4 Å². The molecule has 196 valence electrons. The van der Waals surface area contributed by atoms with Crippen molar-refractivity contribution in [3.8, 4) is 0 Å². The first-order chi connectivity index (χ1) is 18.9. The number of nitrogens with one attached hydrogen (secondary N) is 3. The Morgan fingerprint density at radius 3 is 2.26 bits per heavy atom. The first-order valence-corrected chi connectivity index (χ1v) is 13.5. The summed E-state index contributed by atoms with van der Waals surface area (Å²) in [5, 5.41) is 8.93.